The van der Waals surface area contributed by atoms with Gasteiger partial charge in [0, 0.05) is 18.7 Å². The van der Waals surface area contributed by atoms with Crippen LogP contribution in [0, 0.1) is 5.92 Å². The molecule has 2 aromatic rings. The third-order valence-corrected chi connectivity index (χ3v) is 4.57. The lowest BCUT2D eigenvalue weighted by Gasteiger charge is -2.17. The van der Waals surface area contributed by atoms with Gasteiger partial charge >= 0.3 is 0 Å². The first-order valence-electron chi connectivity index (χ1n) is 8.26. The molecule has 1 unspecified atom stereocenters. The van der Waals surface area contributed by atoms with Crippen LogP contribution in [0.25, 0.3) is 0 Å². The van der Waals surface area contributed by atoms with E-state index in [1.54, 1.807) is 20.3 Å². The van der Waals surface area contributed by atoms with Crippen LogP contribution in [0.1, 0.15) is 22.3 Å². The number of hydrogen-bond donors (Lipinski definition) is 0. The summed E-state index contributed by atoms with van der Waals surface area (Å²) in [7, 11) is 3.29. The molecule has 0 bridgehead atoms. The third kappa shape index (κ3) is 3.70. The van der Waals surface area contributed by atoms with Gasteiger partial charge in [-0.3, -0.25) is 4.79 Å². The molecule has 1 atom stereocenters. The number of hydrogen-bond acceptors (Lipinski definition) is 3. The summed E-state index contributed by atoms with van der Waals surface area (Å²) < 4.78 is 10.4. The molecule has 2 aromatic carbocycles. The van der Waals surface area contributed by atoms with Crippen LogP contribution >= 0.6 is 0 Å². The van der Waals surface area contributed by atoms with Gasteiger partial charge in [-0.15, -0.1) is 0 Å². The Kier molecular flexibility index (Phi) is 5.04. The van der Waals surface area contributed by atoms with Crippen LogP contribution in [0.4, 0.5) is 0 Å². The molecule has 0 spiro atoms. The lowest BCUT2D eigenvalue weighted by molar-refractivity contribution is 0.0786. The molecule has 0 aromatic heterocycles. The second-order valence-electron chi connectivity index (χ2n) is 6.19. The van der Waals surface area contributed by atoms with Gasteiger partial charge < -0.3 is 14.4 Å². The van der Waals surface area contributed by atoms with Gasteiger partial charge in [-0.05, 0) is 54.7 Å². The van der Waals surface area contributed by atoms with E-state index in [-0.39, 0.29) is 5.91 Å². The molecular weight excluding hydrogens is 302 g/mol. The number of ether oxygens (including phenoxy) is 2. The quantitative estimate of drug-likeness (QED) is 0.845. The van der Waals surface area contributed by atoms with Crippen LogP contribution in [0.2, 0.25) is 0 Å². The molecular formula is C20H23NO3. The summed E-state index contributed by atoms with van der Waals surface area (Å²) in [5.74, 6) is 2.19. The molecule has 1 aliphatic heterocycles. The Hall–Kier alpha value is -2.49. The molecule has 1 heterocycles. The summed E-state index contributed by atoms with van der Waals surface area (Å²) in [6, 6.07) is 15.6. The smallest absolute Gasteiger partial charge is 0.253 e. The maximum Gasteiger partial charge on any atom is 0.253 e. The summed E-state index contributed by atoms with van der Waals surface area (Å²) in [6.07, 6.45) is 2.04. The van der Waals surface area contributed by atoms with Gasteiger partial charge in [-0.1, -0.05) is 18.2 Å². The van der Waals surface area contributed by atoms with Gasteiger partial charge in [0.1, 0.15) is 11.5 Å². The number of methoxy groups -OCH3 is 2. The summed E-state index contributed by atoms with van der Waals surface area (Å²) in [6.45, 7) is 1.62. The minimum Gasteiger partial charge on any atom is -0.497 e. The summed E-state index contributed by atoms with van der Waals surface area (Å²) >= 11 is 0. The fraction of sp³-hybridized carbons (Fsp3) is 0.350. The summed E-state index contributed by atoms with van der Waals surface area (Å²) in [4.78, 5) is 14.6. The average molecular weight is 325 g/mol. The van der Waals surface area contributed by atoms with Crippen molar-refractivity contribution < 1.29 is 14.3 Å². The third-order valence-electron chi connectivity index (χ3n) is 4.57. The van der Waals surface area contributed by atoms with Crippen LogP contribution in [-0.4, -0.2) is 38.1 Å². The van der Waals surface area contributed by atoms with Crippen molar-refractivity contribution in [2.45, 2.75) is 12.8 Å². The first-order valence-corrected chi connectivity index (χ1v) is 8.26. The van der Waals surface area contributed by atoms with Crippen molar-refractivity contribution in [1.82, 2.24) is 4.90 Å². The molecule has 4 heteroatoms. The van der Waals surface area contributed by atoms with E-state index < -0.39 is 0 Å². The van der Waals surface area contributed by atoms with E-state index in [9.17, 15) is 4.79 Å². The highest BCUT2D eigenvalue weighted by Gasteiger charge is 2.27. The standard InChI is InChI=1S/C20H23NO3/c1-23-18-8-6-15(7-9-18)12-16-10-11-21(14-16)20(22)17-4-3-5-19(13-17)24-2/h3-9,13,16H,10-12,14H2,1-2H3. The normalized spacial score (nSPS) is 16.9. The molecule has 1 saturated heterocycles. The number of nitrogens with zero attached hydrogens (tertiary/aromatic N) is 1. The second kappa shape index (κ2) is 7.39. The molecule has 4 nitrogen and oxygen atoms in total. The Morgan fingerprint density at radius 1 is 1.08 bits per heavy atom. The maximum absolute atomic E-state index is 12.7. The van der Waals surface area contributed by atoms with Crippen LogP contribution in [0.5, 0.6) is 11.5 Å². The Morgan fingerprint density at radius 3 is 2.54 bits per heavy atom. The van der Waals surface area contributed by atoms with Gasteiger partial charge in [0.2, 0.25) is 0 Å². The minimum absolute atomic E-state index is 0.0890. The Morgan fingerprint density at radius 2 is 1.83 bits per heavy atom. The fourth-order valence-corrected chi connectivity index (χ4v) is 3.22. The van der Waals surface area contributed by atoms with Crippen molar-refractivity contribution in [3.63, 3.8) is 0 Å². The van der Waals surface area contributed by atoms with Crippen LogP contribution in [0.15, 0.2) is 48.5 Å². The fourth-order valence-electron chi connectivity index (χ4n) is 3.22. The molecule has 1 fully saturated rings. The topological polar surface area (TPSA) is 38.8 Å². The monoisotopic (exact) mass is 325 g/mol. The van der Waals surface area contributed by atoms with E-state index in [0.717, 1.165) is 37.4 Å². The number of benzene rings is 2. The second-order valence-corrected chi connectivity index (χ2v) is 6.19. The zero-order valence-electron chi connectivity index (χ0n) is 14.2. The number of likely N-dealkylation sites (tertiary alicyclic amines) is 1. The van der Waals surface area contributed by atoms with Crippen LogP contribution in [-0.2, 0) is 6.42 Å². The molecule has 24 heavy (non-hydrogen) atoms. The van der Waals surface area contributed by atoms with E-state index in [4.69, 9.17) is 9.47 Å². The molecule has 0 N–H and O–H groups in total. The Labute approximate surface area is 143 Å². The van der Waals surface area contributed by atoms with E-state index in [0.29, 0.717) is 11.5 Å². The summed E-state index contributed by atoms with van der Waals surface area (Å²) in [5, 5.41) is 0. The number of carbonyl (C=O) groups is 1. The molecule has 0 aliphatic carbocycles. The Bertz CT molecular complexity index is 696. The molecule has 3 rings (SSSR count). The van der Waals surface area contributed by atoms with Gasteiger partial charge in [0.05, 0.1) is 14.2 Å². The van der Waals surface area contributed by atoms with Crippen LogP contribution < -0.4 is 9.47 Å². The highest BCUT2D eigenvalue weighted by Crippen LogP contribution is 2.24. The lowest BCUT2D eigenvalue weighted by Crippen LogP contribution is -2.28. The first-order chi connectivity index (χ1) is 11.7. The maximum atomic E-state index is 12.7. The Balaban J connectivity index is 1.60. The van der Waals surface area contributed by atoms with Crippen molar-refractivity contribution in [2.75, 3.05) is 27.3 Å². The highest BCUT2D eigenvalue weighted by atomic mass is 16.5. The predicted octanol–water partition coefficient (Wildman–Crippen LogP) is 3.41. The largest absolute Gasteiger partial charge is 0.497 e. The zero-order chi connectivity index (χ0) is 16.9. The van der Waals surface area contributed by atoms with E-state index in [1.165, 1.54) is 5.56 Å². The SMILES string of the molecule is COc1ccc(CC2CCN(C(=O)c3cccc(OC)c3)C2)cc1. The van der Waals surface area contributed by atoms with Gasteiger partial charge in [-0.2, -0.15) is 0 Å². The lowest BCUT2D eigenvalue weighted by atomic mass is 9.99. The molecule has 1 amide bonds. The van der Waals surface area contributed by atoms with Gasteiger partial charge in [0.25, 0.3) is 5.91 Å². The zero-order valence-corrected chi connectivity index (χ0v) is 14.2. The van der Waals surface area contributed by atoms with Crippen LogP contribution in [0.3, 0.4) is 0 Å². The first kappa shape index (κ1) is 16.4. The molecule has 0 saturated carbocycles. The van der Waals surface area contributed by atoms with Gasteiger partial charge in [-0.25, -0.2) is 0 Å². The predicted molar refractivity (Wildman–Crippen MR) is 93.7 cm³/mol. The van der Waals surface area contributed by atoms with E-state index in [2.05, 4.69) is 12.1 Å². The molecule has 126 valence electrons. The number of carbonyl (C=O) groups excluding carboxylic acids is 1. The van der Waals surface area contributed by atoms with Gasteiger partial charge in [0.15, 0.2) is 0 Å². The van der Waals surface area contributed by atoms with Crippen molar-refractivity contribution in [1.29, 1.82) is 0 Å². The summed E-state index contributed by atoms with van der Waals surface area (Å²) in [5.41, 5.74) is 1.98. The van der Waals surface area contributed by atoms with Crippen molar-refractivity contribution in [2.24, 2.45) is 5.92 Å². The molecule has 1 aliphatic rings. The van der Waals surface area contributed by atoms with E-state index in [1.807, 2.05) is 35.2 Å². The number of rotatable bonds is 5. The number of amides is 1. The van der Waals surface area contributed by atoms with Crippen molar-refractivity contribution >= 4 is 5.91 Å². The molecule has 0 radical (unpaired) electrons. The average Bonchev–Trinajstić information content (AvgIpc) is 3.10. The van der Waals surface area contributed by atoms with Crippen molar-refractivity contribution in [3.05, 3.63) is 59.7 Å². The van der Waals surface area contributed by atoms with Crippen molar-refractivity contribution in [3.8, 4) is 11.5 Å². The van der Waals surface area contributed by atoms with E-state index >= 15 is 0 Å². The minimum atomic E-state index is 0.0890. The highest BCUT2D eigenvalue weighted by molar-refractivity contribution is 5.94.